The number of pyridine rings is 1. The Labute approximate surface area is 151 Å². The molecule has 0 bridgehead atoms. The minimum absolute atomic E-state index is 0.674. The zero-order valence-electron chi connectivity index (χ0n) is 12.9. The number of thiophene rings is 1. The van der Waals surface area contributed by atoms with Crippen LogP contribution in [0.5, 0.6) is 0 Å². The maximum atomic E-state index is 4.77. The van der Waals surface area contributed by atoms with Crippen molar-refractivity contribution in [1.82, 2.24) is 19.6 Å². The average molecular weight is 400 g/mol. The number of anilines is 1. The topological polar surface area (TPSA) is 55.1 Å². The summed E-state index contributed by atoms with van der Waals surface area (Å²) in [7, 11) is 0. The summed E-state index contributed by atoms with van der Waals surface area (Å²) in [6.45, 7) is 2.78. The first kappa shape index (κ1) is 15.3. The largest absolute Gasteiger partial charge is 0.366 e. The first-order chi connectivity index (χ1) is 11.7. The van der Waals surface area contributed by atoms with E-state index in [1.54, 1.807) is 23.7 Å². The average Bonchev–Trinajstić information content (AvgIpc) is 3.20. The van der Waals surface area contributed by atoms with Crippen LogP contribution in [-0.4, -0.2) is 19.6 Å². The molecule has 0 saturated carbocycles. The van der Waals surface area contributed by atoms with E-state index in [2.05, 4.69) is 49.7 Å². The van der Waals surface area contributed by atoms with Crippen LogP contribution in [0.4, 0.5) is 5.82 Å². The van der Waals surface area contributed by atoms with Crippen molar-refractivity contribution in [2.75, 3.05) is 5.32 Å². The van der Waals surface area contributed by atoms with Crippen LogP contribution in [0.2, 0.25) is 0 Å². The second kappa shape index (κ2) is 6.33. The van der Waals surface area contributed by atoms with E-state index in [9.17, 15) is 0 Å². The van der Waals surface area contributed by atoms with Crippen molar-refractivity contribution >= 4 is 38.7 Å². The molecule has 120 valence electrons. The SMILES string of the molecule is Cc1ccsc1-c1cc(NCc2cccnc2)n2ncc(Br)c2n1. The molecule has 0 radical (unpaired) electrons. The molecule has 0 unspecified atom stereocenters. The molecular weight excluding hydrogens is 386 g/mol. The fourth-order valence-corrected chi connectivity index (χ4v) is 3.74. The van der Waals surface area contributed by atoms with Gasteiger partial charge in [0.25, 0.3) is 0 Å². The summed E-state index contributed by atoms with van der Waals surface area (Å²) in [5.74, 6) is 0.900. The van der Waals surface area contributed by atoms with Crippen LogP contribution >= 0.6 is 27.3 Å². The molecule has 4 rings (SSSR count). The van der Waals surface area contributed by atoms with Crippen molar-refractivity contribution in [3.8, 4) is 10.6 Å². The third-order valence-corrected chi connectivity index (χ3v) is 5.32. The number of nitrogens with one attached hydrogen (secondary N) is 1. The van der Waals surface area contributed by atoms with Gasteiger partial charge in [0.15, 0.2) is 5.65 Å². The van der Waals surface area contributed by atoms with Gasteiger partial charge in [-0.2, -0.15) is 9.61 Å². The summed E-state index contributed by atoms with van der Waals surface area (Å²) in [4.78, 5) is 10.1. The van der Waals surface area contributed by atoms with Crippen molar-refractivity contribution in [2.45, 2.75) is 13.5 Å². The number of rotatable bonds is 4. The molecule has 4 aromatic rings. The van der Waals surface area contributed by atoms with Gasteiger partial charge in [-0.25, -0.2) is 4.98 Å². The summed E-state index contributed by atoms with van der Waals surface area (Å²) < 4.78 is 2.69. The van der Waals surface area contributed by atoms with Gasteiger partial charge < -0.3 is 5.32 Å². The van der Waals surface area contributed by atoms with Gasteiger partial charge in [0.05, 0.1) is 21.2 Å². The quantitative estimate of drug-likeness (QED) is 0.547. The first-order valence-corrected chi connectivity index (χ1v) is 9.11. The number of halogens is 1. The van der Waals surface area contributed by atoms with Crippen LogP contribution in [0.15, 0.2) is 52.7 Å². The fourth-order valence-electron chi connectivity index (χ4n) is 2.51. The number of aromatic nitrogens is 4. The van der Waals surface area contributed by atoms with Gasteiger partial charge in [0.2, 0.25) is 0 Å². The monoisotopic (exact) mass is 399 g/mol. The van der Waals surface area contributed by atoms with E-state index in [0.29, 0.717) is 6.54 Å². The van der Waals surface area contributed by atoms with E-state index in [-0.39, 0.29) is 0 Å². The molecular formula is C17H14BrN5S. The third kappa shape index (κ3) is 2.81. The van der Waals surface area contributed by atoms with E-state index in [1.165, 1.54) is 10.4 Å². The van der Waals surface area contributed by atoms with Gasteiger partial charge in [-0.15, -0.1) is 11.3 Å². The van der Waals surface area contributed by atoms with Crippen LogP contribution in [0, 0.1) is 6.92 Å². The lowest BCUT2D eigenvalue weighted by molar-refractivity contribution is 0.925. The van der Waals surface area contributed by atoms with Crippen molar-refractivity contribution in [3.05, 3.63) is 63.8 Å². The molecule has 0 spiro atoms. The molecule has 0 aliphatic heterocycles. The molecule has 0 aromatic carbocycles. The molecule has 24 heavy (non-hydrogen) atoms. The zero-order chi connectivity index (χ0) is 16.5. The Hall–Kier alpha value is -2.25. The Balaban J connectivity index is 1.77. The van der Waals surface area contributed by atoms with E-state index in [1.807, 2.05) is 28.9 Å². The molecule has 4 heterocycles. The summed E-state index contributed by atoms with van der Waals surface area (Å²) in [5, 5.41) is 9.94. The molecule has 1 N–H and O–H groups in total. The molecule has 7 heteroatoms. The van der Waals surface area contributed by atoms with Crippen molar-refractivity contribution in [1.29, 1.82) is 0 Å². The molecule has 5 nitrogen and oxygen atoms in total. The van der Waals surface area contributed by atoms with Gasteiger partial charge in [-0.05, 0) is 51.5 Å². The van der Waals surface area contributed by atoms with Gasteiger partial charge in [0.1, 0.15) is 5.82 Å². The lowest BCUT2D eigenvalue weighted by atomic mass is 10.2. The van der Waals surface area contributed by atoms with Crippen LogP contribution in [0.25, 0.3) is 16.2 Å². The molecule has 4 aromatic heterocycles. The number of hydrogen-bond acceptors (Lipinski definition) is 5. The summed E-state index contributed by atoms with van der Waals surface area (Å²) in [6.07, 6.45) is 5.40. The minimum atomic E-state index is 0.674. The van der Waals surface area contributed by atoms with Crippen molar-refractivity contribution in [2.24, 2.45) is 0 Å². The first-order valence-electron chi connectivity index (χ1n) is 7.44. The number of aryl methyl sites for hydroxylation is 1. The summed E-state index contributed by atoms with van der Waals surface area (Å²) >= 11 is 5.23. The van der Waals surface area contributed by atoms with E-state index < -0.39 is 0 Å². The van der Waals surface area contributed by atoms with Gasteiger partial charge in [0, 0.05) is 25.0 Å². The highest BCUT2D eigenvalue weighted by atomic mass is 79.9. The van der Waals surface area contributed by atoms with Crippen LogP contribution in [-0.2, 0) is 6.54 Å². The third-order valence-electron chi connectivity index (χ3n) is 3.72. The Bertz CT molecular complexity index is 993. The second-order valence-electron chi connectivity index (χ2n) is 5.40. The lowest BCUT2D eigenvalue weighted by Gasteiger charge is -2.10. The Kier molecular flexibility index (Phi) is 4.03. The second-order valence-corrected chi connectivity index (χ2v) is 7.17. The van der Waals surface area contributed by atoms with Crippen molar-refractivity contribution < 1.29 is 0 Å². The Morgan fingerprint density at radius 3 is 2.96 bits per heavy atom. The van der Waals surface area contributed by atoms with Crippen LogP contribution in [0.1, 0.15) is 11.1 Å². The Morgan fingerprint density at radius 2 is 2.21 bits per heavy atom. The van der Waals surface area contributed by atoms with Gasteiger partial charge in [-0.3, -0.25) is 4.98 Å². The minimum Gasteiger partial charge on any atom is -0.366 e. The normalized spacial score (nSPS) is 11.1. The summed E-state index contributed by atoms with van der Waals surface area (Å²) in [6, 6.07) is 8.13. The van der Waals surface area contributed by atoms with E-state index in [0.717, 1.165) is 27.2 Å². The standard InChI is InChI=1S/C17H14BrN5S/c1-11-4-6-24-16(11)14-7-15(20-9-12-3-2-5-19-8-12)23-17(22-14)13(18)10-21-23/h2-8,10,20H,9H2,1H3. The zero-order valence-corrected chi connectivity index (χ0v) is 15.3. The van der Waals surface area contributed by atoms with Crippen LogP contribution < -0.4 is 5.32 Å². The van der Waals surface area contributed by atoms with E-state index >= 15 is 0 Å². The lowest BCUT2D eigenvalue weighted by Crippen LogP contribution is -2.06. The molecule has 0 amide bonds. The predicted molar refractivity (Wildman–Crippen MR) is 100 cm³/mol. The molecule has 0 fully saturated rings. The molecule has 0 aliphatic carbocycles. The Morgan fingerprint density at radius 1 is 1.29 bits per heavy atom. The maximum Gasteiger partial charge on any atom is 0.172 e. The highest BCUT2D eigenvalue weighted by Crippen LogP contribution is 2.31. The smallest absolute Gasteiger partial charge is 0.172 e. The number of fused-ring (bicyclic) bond motifs is 1. The van der Waals surface area contributed by atoms with Crippen LogP contribution in [0.3, 0.4) is 0 Å². The highest BCUT2D eigenvalue weighted by molar-refractivity contribution is 9.10. The predicted octanol–water partition coefficient (Wildman–Crippen LogP) is 4.54. The maximum absolute atomic E-state index is 4.77. The number of nitrogens with zero attached hydrogens (tertiary/aromatic N) is 4. The van der Waals surface area contributed by atoms with Crippen molar-refractivity contribution in [3.63, 3.8) is 0 Å². The highest BCUT2D eigenvalue weighted by Gasteiger charge is 2.13. The molecule has 0 saturated heterocycles. The van der Waals surface area contributed by atoms with Gasteiger partial charge in [-0.1, -0.05) is 6.07 Å². The molecule has 0 aliphatic rings. The van der Waals surface area contributed by atoms with E-state index in [4.69, 9.17) is 4.98 Å². The fraction of sp³-hybridized carbons (Fsp3) is 0.118. The van der Waals surface area contributed by atoms with Gasteiger partial charge >= 0.3 is 0 Å². The molecule has 0 atom stereocenters. The summed E-state index contributed by atoms with van der Waals surface area (Å²) in [5.41, 5.74) is 4.09. The number of hydrogen-bond donors (Lipinski definition) is 1.